The first-order valence-corrected chi connectivity index (χ1v) is 8.14. The third-order valence-corrected chi connectivity index (χ3v) is 5.76. The molecule has 1 saturated heterocycles. The number of fused-ring (bicyclic) bond motifs is 1. The summed E-state index contributed by atoms with van der Waals surface area (Å²) in [6.07, 6.45) is 6.49. The van der Waals surface area contributed by atoms with Gasteiger partial charge in [-0.3, -0.25) is 4.79 Å². The predicted octanol–water partition coefficient (Wildman–Crippen LogP) is 2.93. The second-order valence-corrected chi connectivity index (χ2v) is 7.01. The van der Waals surface area contributed by atoms with Crippen molar-refractivity contribution in [3.8, 4) is 0 Å². The molecule has 1 amide bonds. The molecular formula is C15H20N4OS. The zero-order valence-electron chi connectivity index (χ0n) is 12.4. The molecule has 0 aromatic carbocycles. The van der Waals surface area contributed by atoms with Crippen LogP contribution in [0.4, 0.5) is 5.69 Å². The number of thiophene rings is 1. The number of carbonyl (C=O) groups is 1. The number of carbonyl (C=O) groups excluding carboxylic acids is 1. The first-order valence-electron chi connectivity index (χ1n) is 7.32. The topological polar surface area (TPSA) is 72.1 Å². The second-order valence-electron chi connectivity index (χ2n) is 6.01. The maximum absolute atomic E-state index is 12.7. The fraction of sp³-hybridized carbons (Fsp3) is 0.533. The van der Waals surface area contributed by atoms with Crippen LogP contribution in [-0.4, -0.2) is 33.9 Å². The Balaban J connectivity index is 1.83. The van der Waals surface area contributed by atoms with Crippen molar-refractivity contribution in [2.24, 2.45) is 5.41 Å². The highest BCUT2D eigenvalue weighted by Crippen LogP contribution is 2.36. The summed E-state index contributed by atoms with van der Waals surface area (Å²) in [5, 5.41) is 0. The molecule has 6 heteroatoms. The Labute approximate surface area is 128 Å². The summed E-state index contributed by atoms with van der Waals surface area (Å²) in [7, 11) is 0. The van der Waals surface area contributed by atoms with E-state index in [-0.39, 0.29) is 5.91 Å². The number of rotatable bonds is 2. The zero-order chi connectivity index (χ0) is 15.0. The highest BCUT2D eigenvalue weighted by atomic mass is 32.1. The van der Waals surface area contributed by atoms with Crippen LogP contribution in [0, 0.1) is 5.41 Å². The first kappa shape index (κ1) is 14.3. The van der Waals surface area contributed by atoms with Crippen LogP contribution in [0.2, 0.25) is 0 Å². The highest BCUT2D eigenvalue weighted by Gasteiger charge is 2.32. The molecule has 3 rings (SSSR count). The molecule has 0 spiro atoms. The van der Waals surface area contributed by atoms with Crippen molar-refractivity contribution < 1.29 is 4.79 Å². The van der Waals surface area contributed by atoms with Gasteiger partial charge in [0.1, 0.15) is 15.2 Å². The lowest BCUT2D eigenvalue weighted by Gasteiger charge is -2.38. The molecule has 0 unspecified atom stereocenters. The monoisotopic (exact) mass is 304 g/mol. The Kier molecular flexibility index (Phi) is 3.57. The van der Waals surface area contributed by atoms with Crippen molar-refractivity contribution in [3.05, 3.63) is 17.3 Å². The lowest BCUT2D eigenvalue weighted by Crippen LogP contribution is -2.41. The van der Waals surface area contributed by atoms with Gasteiger partial charge in [0.05, 0.1) is 5.69 Å². The molecule has 2 N–H and O–H groups in total. The van der Waals surface area contributed by atoms with E-state index < -0.39 is 0 Å². The predicted molar refractivity (Wildman–Crippen MR) is 85.4 cm³/mol. The molecule has 0 saturated carbocycles. The van der Waals surface area contributed by atoms with Crippen LogP contribution in [0.3, 0.4) is 0 Å². The van der Waals surface area contributed by atoms with Crippen LogP contribution < -0.4 is 5.73 Å². The Morgan fingerprint density at radius 2 is 2.05 bits per heavy atom. The van der Waals surface area contributed by atoms with E-state index in [2.05, 4.69) is 23.8 Å². The van der Waals surface area contributed by atoms with E-state index in [4.69, 9.17) is 5.73 Å². The van der Waals surface area contributed by atoms with Gasteiger partial charge >= 0.3 is 0 Å². The minimum Gasteiger partial charge on any atom is -0.396 e. The van der Waals surface area contributed by atoms with Gasteiger partial charge in [-0.1, -0.05) is 20.3 Å². The van der Waals surface area contributed by atoms with E-state index in [1.807, 2.05) is 4.90 Å². The lowest BCUT2D eigenvalue weighted by molar-refractivity contribution is 0.0606. The number of hydrogen-bond donors (Lipinski definition) is 1. The lowest BCUT2D eigenvalue weighted by atomic mass is 9.78. The Morgan fingerprint density at radius 1 is 1.38 bits per heavy atom. The average molecular weight is 304 g/mol. The first-order chi connectivity index (χ1) is 10.0. The standard InChI is InChI=1S/C15H20N4OS/c1-3-15(2)4-8-19(9-5-15)14(20)12-10(16)11-13(21-12)18-7-6-17-11/h6-7H,3-5,8-9,16H2,1-2H3. The number of nitrogens with two attached hydrogens (primary N) is 1. The maximum atomic E-state index is 12.7. The molecule has 2 aromatic heterocycles. The van der Waals surface area contributed by atoms with Crippen LogP contribution in [0.5, 0.6) is 0 Å². The summed E-state index contributed by atoms with van der Waals surface area (Å²) in [6, 6.07) is 0. The number of nitrogen functional groups attached to an aromatic ring is 1. The highest BCUT2D eigenvalue weighted by molar-refractivity contribution is 7.21. The molecule has 0 radical (unpaired) electrons. The third-order valence-electron chi connectivity index (χ3n) is 4.67. The molecule has 0 bridgehead atoms. The van der Waals surface area contributed by atoms with Crippen molar-refractivity contribution >= 4 is 33.3 Å². The average Bonchev–Trinajstić information content (AvgIpc) is 2.85. The number of aromatic nitrogens is 2. The van der Waals surface area contributed by atoms with Gasteiger partial charge in [0.15, 0.2) is 0 Å². The van der Waals surface area contributed by atoms with E-state index in [1.165, 1.54) is 11.3 Å². The summed E-state index contributed by atoms with van der Waals surface area (Å²) < 4.78 is 0. The molecule has 1 fully saturated rings. The van der Waals surface area contributed by atoms with Gasteiger partial charge in [-0.25, -0.2) is 9.97 Å². The number of amides is 1. The van der Waals surface area contributed by atoms with Gasteiger partial charge in [-0.2, -0.15) is 0 Å². The molecule has 1 aliphatic heterocycles. The Bertz CT molecular complexity index is 673. The summed E-state index contributed by atoms with van der Waals surface area (Å²) in [5.41, 5.74) is 7.56. The van der Waals surface area contributed by atoms with Crippen LogP contribution in [0.15, 0.2) is 12.4 Å². The van der Waals surface area contributed by atoms with E-state index >= 15 is 0 Å². The van der Waals surface area contributed by atoms with Gasteiger partial charge < -0.3 is 10.6 Å². The van der Waals surface area contributed by atoms with Crippen molar-refractivity contribution in [3.63, 3.8) is 0 Å². The second kappa shape index (κ2) is 5.26. The molecule has 1 aliphatic rings. The smallest absolute Gasteiger partial charge is 0.266 e. The number of anilines is 1. The van der Waals surface area contributed by atoms with Gasteiger partial charge in [-0.15, -0.1) is 11.3 Å². The number of nitrogens with zero attached hydrogens (tertiary/aromatic N) is 3. The molecular weight excluding hydrogens is 284 g/mol. The van der Waals surface area contributed by atoms with E-state index in [1.54, 1.807) is 12.4 Å². The molecule has 0 aliphatic carbocycles. The fourth-order valence-electron chi connectivity index (χ4n) is 2.75. The van der Waals surface area contributed by atoms with Crippen molar-refractivity contribution in [1.82, 2.24) is 14.9 Å². The summed E-state index contributed by atoms with van der Waals surface area (Å²) in [5.74, 6) is 0.0236. The largest absolute Gasteiger partial charge is 0.396 e. The molecule has 2 aromatic rings. The van der Waals surface area contributed by atoms with Crippen molar-refractivity contribution in [2.75, 3.05) is 18.8 Å². The van der Waals surface area contributed by atoms with E-state index in [9.17, 15) is 4.79 Å². The molecule has 3 heterocycles. The van der Waals surface area contributed by atoms with Crippen LogP contribution in [0.1, 0.15) is 42.8 Å². The molecule has 0 atom stereocenters. The van der Waals surface area contributed by atoms with Gasteiger partial charge in [0, 0.05) is 25.5 Å². The fourth-order valence-corrected chi connectivity index (χ4v) is 3.74. The zero-order valence-corrected chi connectivity index (χ0v) is 13.2. The number of hydrogen-bond acceptors (Lipinski definition) is 5. The third kappa shape index (κ3) is 2.48. The summed E-state index contributed by atoms with van der Waals surface area (Å²) in [4.78, 5) is 24.4. The van der Waals surface area contributed by atoms with E-state index in [0.29, 0.717) is 21.5 Å². The quantitative estimate of drug-likeness (QED) is 0.926. The molecule has 21 heavy (non-hydrogen) atoms. The minimum atomic E-state index is 0.0236. The number of piperidine rings is 1. The number of likely N-dealkylation sites (tertiary alicyclic amines) is 1. The van der Waals surface area contributed by atoms with Gasteiger partial charge in [0.25, 0.3) is 5.91 Å². The van der Waals surface area contributed by atoms with Crippen LogP contribution in [-0.2, 0) is 0 Å². The molecule has 5 nitrogen and oxygen atoms in total. The normalized spacial score (nSPS) is 18.1. The Morgan fingerprint density at radius 3 is 2.67 bits per heavy atom. The maximum Gasteiger partial charge on any atom is 0.266 e. The van der Waals surface area contributed by atoms with Crippen molar-refractivity contribution in [2.45, 2.75) is 33.1 Å². The van der Waals surface area contributed by atoms with Crippen LogP contribution >= 0.6 is 11.3 Å². The molecule has 112 valence electrons. The van der Waals surface area contributed by atoms with E-state index in [0.717, 1.165) is 37.2 Å². The van der Waals surface area contributed by atoms with Gasteiger partial charge in [-0.05, 0) is 18.3 Å². The Hall–Kier alpha value is -1.69. The van der Waals surface area contributed by atoms with Crippen LogP contribution in [0.25, 0.3) is 10.3 Å². The summed E-state index contributed by atoms with van der Waals surface area (Å²) >= 11 is 1.34. The van der Waals surface area contributed by atoms with Gasteiger partial charge in [0.2, 0.25) is 0 Å². The minimum absolute atomic E-state index is 0.0236. The SMILES string of the molecule is CCC1(C)CCN(C(=O)c2sc3nccnc3c2N)CC1. The van der Waals surface area contributed by atoms with Crippen molar-refractivity contribution in [1.29, 1.82) is 0 Å². The summed E-state index contributed by atoms with van der Waals surface area (Å²) in [6.45, 7) is 6.13.